The quantitative estimate of drug-likeness (QED) is 0.363. The first-order valence-electron chi connectivity index (χ1n) is 5.00. The Morgan fingerprint density at radius 2 is 1.50 bits per heavy atom. The highest BCUT2D eigenvalue weighted by molar-refractivity contribution is 6.05. The van der Waals surface area contributed by atoms with Crippen molar-refractivity contribution in [2.75, 3.05) is 14.2 Å². The Morgan fingerprint density at radius 1 is 1.05 bits per heavy atom. The van der Waals surface area contributed by atoms with Gasteiger partial charge in [-0.3, -0.25) is 0 Å². The molecule has 0 saturated carbocycles. The second-order valence-corrected chi connectivity index (χ2v) is 3.26. The van der Waals surface area contributed by atoms with Gasteiger partial charge in [0.15, 0.2) is 0 Å². The molecule has 0 saturated heterocycles. The fraction of sp³-hybridized carbons (Fsp3) is 0.400. The van der Waals surface area contributed by atoms with Gasteiger partial charge < -0.3 is 28.8 Å². The van der Waals surface area contributed by atoms with Crippen LogP contribution in [0.5, 0.6) is 0 Å². The van der Waals surface area contributed by atoms with Gasteiger partial charge in [-0.05, 0) is 0 Å². The van der Waals surface area contributed by atoms with Crippen LogP contribution in [0.1, 0.15) is 0 Å². The summed E-state index contributed by atoms with van der Waals surface area (Å²) in [4.78, 5) is 45.3. The number of aliphatic carboxylic acids is 1. The van der Waals surface area contributed by atoms with E-state index in [1.807, 2.05) is 0 Å². The normalized spacial score (nSPS) is 14.9. The zero-order valence-electron chi connectivity index (χ0n) is 10.4. The van der Waals surface area contributed by atoms with E-state index in [1.54, 1.807) is 0 Å². The van der Waals surface area contributed by atoms with Crippen molar-refractivity contribution in [1.29, 1.82) is 0 Å². The SMILES string of the molecule is COC(=O)C(OC(=O)C1(C(=O)O)OC=CO1)C(=O)OC. The largest absolute Gasteiger partial charge is 0.475 e. The molecule has 0 atom stereocenters. The van der Waals surface area contributed by atoms with E-state index < -0.39 is 35.8 Å². The van der Waals surface area contributed by atoms with Gasteiger partial charge in [-0.1, -0.05) is 0 Å². The van der Waals surface area contributed by atoms with Gasteiger partial charge in [0.05, 0.1) is 14.2 Å². The Balaban J connectivity index is 2.93. The van der Waals surface area contributed by atoms with Gasteiger partial charge >= 0.3 is 29.7 Å². The predicted molar refractivity (Wildman–Crippen MR) is 55.6 cm³/mol. The number of rotatable bonds is 5. The summed E-state index contributed by atoms with van der Waals surface area (Å²) in [6.45, 7) is 0. The van der Waals surface area contributed by atoms with E-state index >= 15 is 0 Å². The number of carboxylic acid groups (broad SMARTS) is 1. The van der Waals surface area contributed by atoms with E-state index in [-0.39, 0.29) is 0 Å². The van der Waals surface area contributed by atoms with Crippen molar-refractivity contribution < 1.29 is 48.0 Å². The van der Waals surface area contributed by atoms with Gasteiger partial charge in [-0.25, -0.2) is 19.2 Å². The van der Waals surface area contributed by atoms with Crippen LogP contribution in [0.2, 0.25) is 0 Å². The highest BCUT2D eigenvalue weighted by Crippen LogP contribution is 2.23. The van der Waals surface area contributed by atoms with E-state index in [4.69, 9.17) is 5.11 Å². The van der Waals surface area contributed by atoms with Crippen LogP contribution in [0.4, 0.5) is 0 Å². The molecule has 0 amide bonds. The Bertz CT molecular complexity index is 441. The molecule has 0 bridgehead atoms. The van der Waals surface area contributed by atoms with Crippen molar-refractivity contribution in [3.8, 4) is 0 Å². The van der Waals surface area contributed by atoms with Crippen LogP contribution in [0.15, 0.2) is 12.5 Å². The first kappa shape index (κ1) is 15.3. The molecule has 1 N–H and O–H groups in total. The maximum Gasteiger partial charge on any atom is 0.452 e. The highest BCUT2D eigenvalue weighted by Gasteiger charge is 2.57. The average molecular weight is 290 g/mol. The van der Waals surface area contributed by atoms with Crippen LogP contribution in [-0.2, 0) is 42.9 Å². The fourth-order valence-electron chi connectivity index (χ4n) is 1.15. The van der Waals surface area contributed by atoms with Crippen molar-refractivity contribution in [1.82, 2.24) is 0 Å². The zero-order chi connectivity index (χ0) is 15.3. The van der Waals surface area contributed by atoms with Gasteiger partial charge in [-0.15, -0.1) is 0 Å². The second-order valence-electron chi connectivity index (χ2n) is 3.26. The standard InChI is InChI=1S/C10H10O10/c1-16-6(11)5(7(12)17-2)20-9(15)10(8(13)14)18-3-4-19-10/h3-5H,1-2H3,(H,13,14). The molecule has 1 heterocycles. The summed E-state index contributed by atoms with van der Waals surface area (Å²) >= 11 is 0. The van der Waals surface area contributed by atoms with Gasteiger partial charge in [0.2, 0.25) is 0 Å². The topological polar surface area (TPSA) is 135 Å². The van der Waals surface area contributed by atoms with Gasteiger partial charge in [0.1, 0.15) is 12.5 Å². The Hall–Kier alpha value is -2.78. The maximum atomic E-state index is 11.8. The van der Waals surface area contributed by atoms with E-state index in [2.05, 4.69) is 23.7 Å². The summed E-state index contributed by atoms with van der Waals surface area (Å²) in [6, 6.07) is 0. The lowest BCUT2D eigenvalue weighted by molar-refractivity contribution is -0.220. The number of hydrogen-bond donors (Lipinski definition) is 1. The molecule has 20 heavy (non-hydrogen) atoms. The Labute approximate surface area is 111 Å². The minimum atomic E-state index is -2.82. The number of ether oxygens (including phenoxy) is 5. The first-order valence-corrected chi connectivity index (χ1v) is 5.00. The monoisotopic (exact) mass is 290 g/mol. The van der Waals surface area contributed by atoms with E-state index in [0.717, 1.165) is 26.7 Å². The Morgan fingerprint density at radius 3 is 1.85 bits per heavy atom. The third-order valence-electron chi connectivity index (χ3n) is 2.13. The van der Waals surface area contributed by atoms with Gasteiger partial charge in [0.25, 0.3) is 6.10 Å². The molecule has 0 aromatic rings. The lowest BCUT2D eigenvalue weighted by Crippen LogP contribution is -2.51. The zero-order valence-corrected chi connectivity index (χ0v) is 10.4. The van der Waals surface area contributed by atoms with Crippen LogP contribution in [-0.4, -0.2) is 55.1 Å². The minimum Gasteiger partial charge on any atom is -0.475 e. The lowest BCUT2D eigenvalue weighted by Gasteiger charge is -2.22. The molecule has 0 fully saturated rings. The number of carboxylic acids is 1. The number of carbonyl (C=O) groups excluding carboxylic acids is 3. The highest BCUT2D eigenvalue weighted by atomic mass is 16.8. The molecule has 1 rings (SSSR count). The van der Waals surface area contributed by atoms with Crippen molar-refractivity contribution >= 4 is 23.9 Å². The molecule has 0 aliphatic carbocycles. The molecule has 0 aromatic carbocycles. The molecule has 0 unspecified atom stereocenters. The molecule has 0 spiro atoms. The molecular weight excluding hydrogens is 280 g/mol. The van der Waals surface area contributed by atoms with E-state index in [9.17, 15) is 19.2 Å². The van der Waals surface area contributed by atoms with Gasteiger partial charge in [0, 0.05) is 0 Å². The molecule has 10 nitrogen and oxygen atoms in total. The molecule has 1 aliphatic heterocycles. The van der Waals surface area contributed by atoms with Crippen LogP contribution in [0.25, 0.3) is 0 Å². The molecule has 0 radical (unpaired) electrons. The second kappa shape index (κ2) is 5.91. The van der Waals surface area contributed by atoms with Crippen molar-refractivity contribution in [3.63, 3.8) is 0 Å². The minimum absolute atomic E-state index is 0.792. The summed E-state index contributed by atoms with van der Waals surface area (Å²) in [5, 5.41) is 8.92. The summed E-state index contributed by atoms with van der Waals surface area (Å²) in [5.41, 5.74) is 0. The van der Waals surface area contributed by atoms with E-state index in [0.29, 0.717) is 0 Å². The average Bonchev–Trinajstić information content (AvgIpc) is 2.93. The van der Waals surface area contributed by atoms with Crippen LogP contribution >= 0.6 is 0 Å². The number of methoxy groups -OCH3 is 2. The summed E-state index contributed by atoms with van der Waals surface area (Å²) in [6.07, 6.45) is -0.511. The third kappa shape index (κ3) is 2.63. The number of esters is 3. The Kier molecular flexibility index (Phi) is 4.51. The summed E-state index contributed by atoms with van der Waals surface area (Å²) in [5.74, 6) is -8.79. The van der Waals surface area contributed by atoms with Crippen molar-refractivity contribution in [2.24, 2.45) is 0 Å². The lowest BCUT2D eigenvalue weighted by atomic mass is 10.2. The fourth-order valence-corrected chi connectivity index (χ4v) is 1.15. The van der Waals surface area contributed by atoms with Crippen LogP contribution in [0.3, 0.4) is 0 Å². The van der Waals surface area contributed by atoms with Crippen molar-refractivity contribution in [3.05, 3.63) is 12.5 Å². The van der Waals surface area contributed by atoms with Crippen LogP contribution < -0.4 is 0 Å². The summed E-state index contributed by atoms with van der Waals surface area (Å²) < 4.78 is 21.9. The van der Waals surface area contributed by atoms with Gasteiger partial charge in [-0.2, -0.15) is 0 Å². The number of carbonyl (C=O) groups is 4. The van der Waals surface area contributed by atoms with E-state index in [1.165, 1.54) is 0 Å². The maximum absolute atomic E-state index is 11.8. The predicted octanol–water partition coefficient (Wildman–Crippen LogP) is -1.46. The number of hydrogen-bond acceptors (Lipinski definition) is 9. The molecule has 0 aromatic heterocycles. The summed E-state index contributed by atoms with van der Waals surface area (Å²) in [7, 11) is 1.87. The molecule has 10 heteroatoms. The van der Waals surface area contributed by atoms with Crippen molar-refractivity contribution in [2.45, 2.75) is 11.9 Å². The van der Waals surface area contributed by atoms with Crippen LogP contribution in [0, 0.1) is 0 Å². The third-order valence-corrected chi connectivity index (χ3v) is 2.13. The molecule has 110 valence electrons. The smallest absolute Gasteiger partial charge is 0.452 e. The first-order chi connectivity index (χ1) is 9.39. The molecular formula is C10H10O10. The molecule has 1 aliphatic rings.